The van der Waals surface area contributed by atoms with Gasteiger partial charge in [-0.3, -0.25) is 4.90 Å². The molecule has 1 atom stereocenters. The van der Waals surface area contributed by atoms with Gasteiger partial charge in [0.1, 0.15) is 6.04 Å². The molecule has 0 bridgehead atoms. The lowest BCUT2D eigenvalue weighted by Gasteiger charge is -2.26. The van der Waals surface area contributed by atoms with E-state index in [0.717, 1.165) is 31.5 Å². The average Bonchev–Trinajstić information content (AvgIpc) is 2.35. The Morgan fingerprint density at radius 1 is 1.17 bits per heavy atom. The summed E-state index contributed by atoms with van der Waals surface area (Å²) < 4.78 is 0. The lowest BCUT2D eigenvalue weighted by molar-refractivity contribution is 0.236. The average molecular weight is 285 g/mol. The molecule has 1 unspecified atom stereocenters. The number of halogens is 2. The molecule has 1 aromatic rings. The van der Waals surface area contributed by atoms with Crippen molar-refractivity contribution in [2.75, 3.05) is 13.1 Å². The molecule has 0 heterocycles. The molecule has 1 rings (SSSR count). The third-order valence-electron chi connectivity index (χ3n) is 2.77. The Hall–Kier alpha value is -0.750. The van der Waals surface area contributed by atoms with Crippen molar-refractivity contribution in [3.8, 4) is 6.07 Å². The minimum Gasteiger partial charge on any atom is -0.284 e. The topological polar surface area (TPSA) is 27.0 Å². The van der Waals surface area contributed by atoms with Crippen molar-refractivity contribution in [1.29, 1.82) is 5.26 Å². The van der Waals surface area contributed by atoms with E-state index in [2.05, 4.69) is 24.8 Å². The molecule has 0 aliphatic heterocycles. The van der Waals surface area contributed by atoms with Crippen LogP contribution in [-0.2, 0) is 0 Å². The summed E-state index contributed by atoms with van der Waals surface area (Å²) in [5, 5.41) is 10.4. The van der Waals surface area contributed by atoms with E-state index in [1.54, 1.807) is 12.1 Å². The summed E-state index contributed by atoms with van der Waals surface area (Å²) in [6.45, 7) is 6.05. The summed E-state index contributed by atoms with van der Waals surface area (Å²) in [5.74, 6) is 0. The Labute approximate surface area is 119 Å². The Morgan fingerprint density at radius 2 is 1.78 bits per heavy atom. The van der Waals surface area contributed by atoms with Gasteiger partial charge in [-0.2, -0.15) is 5.26 Å². The van der Waals surface area contributed by atoms with Crippen LogP contribution in [0.2, 0.25) is 10.0 Å². The van der Waals surface area contributed by atoms with Gasteiger partial charge in [0.25, 0.3) is 0 Å². The fraction of sp³-hybridized carbons (Fsp3) is 0.500. The quantitative estimate of drug-likeness (QED) is 0.758. The third kappa shape index (κ3) is 3.88. The zero-order valence-corrected chi connectivity index (χ0v) is 12.3. The first-order valence-corrected chi connectivity index (χ1v) is 6.98. The lowest BCUT2D eigenvalue weighted by atomic mass is 10.1. The third-order valence-corrected chi connectivity index (χ3v) is 3.51. The first-order valence-electron chi connectivity index (χ1n) is 6.22. The van der Waals surface area contributed by atoms with Gasteiger partial charge < -0.3 is 0 Å². The monoisotopic (exact) mass is 284 g/mol. The van der Waals surface area contributed by atoms with Gasteiger partial charge in [-0.05, 0) is 43.6 Å². The van der Waals surface area contributed by atoms with Crippen molar-refractivity contribution >= 4 is 23.2 Å². The van der Waals surface area contributed by atoms with Crippen LogP contribution in [0.15, 0.2) is 18.2 Å². The summed E-state index contributed by atoms with van der Waals surface area (Å²) in [6.07, 6.45) is 2.05. The number of benzene rings is 1. The number of hydrogen-bond donors (Lipinski definition) is 0. The fourth-order valence-corrected chi connectivity index (χ4v) is 2.30. The maximum atomic E-state index is 9.40. The predicted molar refractivity (Wildman–Crippen MR) is 77.0 cm³/mol. The van der Waals surface area contributed by atoms with Crippen LogP contribution in [0, 0.1) is 11.3 Å². The van der Waals surface area contributed by atoms with Crippen molar-refractivity contribution in [2.24, 2.45) is 0 Å². The van der Waals surface area contributed by atoms with Gasteiger partial charge in [0, 0.05) is 0 Å². The fourth-order valence-electron chi connectivity index (χ4n) is 1.99. The summed E-state index contributed by atoms with van der Waals surface area (Å²) in [6, 6.07) is 7.52. The summed E-state index contributed by atoms with van der Waals surface area (Å²) in [4.78, 5) is 2.18. The number of nitriles is 1. The van der Waals surface area contributed by atoms with Crippen molar-refractivity contribution in [3.63, 3.8) is 0 Å². The molecule has 0 aliphatic carbocycles. The van der Waals surface area contributed by atoms with Crippen LogP contribution >= 0.6 is 23.2 Å². The van der Waals surface area contributed by atoms with Crippen molar-refractivity contribution in [3.05, 3.63) is 33.8 Å². The number of hydrogen-bond acceptors (Lipinski definition) is 2. The molecule has 1 aromatic carbocycles. The van der Waals surface area contributed by atoms with Crippen LogP contribution in [-0.4, -0.2) is 18.0 Å². The highest BCUT2D eigenvalue weighted by molar-refractivity contribution is 6.42. The Bertz CT molecular complexity index is 420. The highest BCUT2D eigenvalue weighted by Gasteiger charge is 2.19. The van der Waals surface area contributed by atoms with Gasteiger partial charge >= 0.3 is 0 Å². The second-order valence-electron chi connectivity index (χ2n) is 4.24. The molecule has 0 fully saturated rings. The Balaban J connectivity index is 2.99. The van der Waals surface area contributed by atoms with E-state index in [-0.39, 0.29) is 6.04 Å². The zero-order valence-electron chi connectivity index (χ0n) is 10.8. The standard InChI is InChI=1S/C14H18Cl2N2/c1-3-7-18(8-4-2)14(10-17)11-5-6-12(15)13(16)9-11/h5-6,9,14H,3-4,7-8H2,1-2H3. The molecule has 98 valence electrons. The minimum atomic E-state index is -0.250. The van der Waals surface area contributed by atoms with Crippen LogP contribution in [0.1, 0.15) is 38.3 Å². The Morgan fingerprint density at radius 3 is 2.22 bits per heavy atom. The van der Waals surface area contributed by atoms with Gasteiger partial charge in [-0.25, -0.2) is 0 Å². The van der Waals surface area contributed by atoms with Gasteiger partial charge in [-0.15, -0.1) is 0 Å². The normalized spacial score (nSPS) is 12.4. The summed E-state index contributed by atoms with van der Waals surface area (Å²) in [5.41, 5.74) is 0.911. The SMILES string of the molecule is CCCN(CCC)C(C#N)c1ccc(Cl)c(Cl)c1. The van der Waals surface area contributed by atoms with E-state index in [1.807, 2.05) is 6.07 Å². The second kappa shape index (κ2) is 7.63. The van der Waals surface area contributed by atoms with Crippen LogP contribution < -0.4 is 0 Å². The van der Waals surface area contributed by atoms with E-state index in [9.17, 15) is 5.26 Å². The summed E-state index contributed by atoms with van der Waals surface area (Å²) >= 11 is 11.9. The first-order chi connectivity index (χ1) is 8.63. The maximum Gasteiger partial charge on any atom is 0.123 e. The molecule has 0 saturated carbocycles. The van der Waals surface area contributed by atoms with Gasteiger partial charge in [-0.1, -0.05) is 43.1 Å². The van der Waals surface area contributed by atoms with E-state index < -0.39 is 0 Å². The van der Waals surface area contributed by atoms with Gasteiger partial charge in [0.05, 0.1) is 16.1 Å². The highest BCUT2D eigenvalue weighted by Crippen LogP contribution is 2.28. The smallest absolute Gasteiger partial charge is 0.123 e. The van der Waals surface area contributed by atoms with Gasteiger partial charge in [0.15, 0.2) is 0 Å². The van der Waals surface area contributed by atoms with Crippen LogP contribution in [0.3, 0.4) is 0 Å². The molecular formula is C14H18Cl2N2. The highest BCUT2D eigenvalue weighted by atomic mass is 35.5. The molecule has 0 amide bonds. The molecule has 0 radical (unpaired) electrons. The van der Waals surface area contributed by atoms with E-state index in [0.29, 0.717) is 10.0 Å². The Kier molecular flexibility index (Phi) is 6.49. The maximum absolute atomic E-state index is 9.40. The van der Waals surface area contributed by atoms with Crippen molar-refractivity contribution in [2.45, 2.75) is 32.7 Å². The molecule has 0 spiro atoms. The van der Waals surface area contributed by atoms with Crippen molar-refractivity contribution in [1.82, 2.24) is 4.90 Å². The van der Waals surface area contributed by atoms with Crippen LogP contribution in [0.4, 0.5) is 0 Å². The number of nitrogens with zero attached hydrogens (tertiary/aromatic N) is 2. The molecule has 0 saturated heterocycles. The van der Waals surface area contributed by atoms with E-state index in [1.165, 1.54) is 0 Å². The molecule has 0 aliphatic rings. The van der Waals surface area contributed by atoms with E-state index >= 15 is 0 Å². The minimum absolute atomic E-state index is 0.250. The first kappa shape index (κ1) is 15.3. The molecular weight excluding hydrogens is 267 g/mol. The van der Waals surface area contributed by atoms with Crippen LogP contribution in [0.25, 0.3) is 0 Å². The second-order valence-corrected chi connectivity index (χ2v) is 5.06. The van der Waals surface area contributed by atoms with Crippen LogP contribution in [0.5, 0.6) is 0 Å². The molecule has 0 N–H and O–H groups in total. The molecule has 0 aromatic heterocycles. The zero-order chi connectivity index (χ0) is 13.5. The molecule has 2 nitrogen and oxygen atoms in total. The largest absolute Gasteiger partial charge is 0.284 e. The summed E-state index contributed by atoms with van der Waals surface area (Å²) in [7, 11) is 0. The lowest BCUT2D eigenvalue weighted by Crippen LogP contribution is -2.29. The molecule has 4 heteroatoms. The number of rotatable bonds is 6. The van der Waals surface area contributed by atoms with Crippen molar-refractivity contribution < 1.29 is 0 Å². The van der Waals surface area contributed by atoms with Gasteiger partial charge in [0.2, 0.25) is 0 Å². The van der Waals surface area contributed by atoms with E-state index in [4.69, 9.17) is 23.2 Å². The molecule has 18 heavy (non-hydrogen) atoms. The predicted octanol–water partition coefficient (Wildman–Crippen LogP) is 4.68.